The van der Waals surface area contributed by atoms with Gasteiger partial charge in [-0.2, -0.15) is 0 Å². The van der Waals surface area contributed by atoms with Gasteiger partial charge in [-0.3, -0.25) is 0 Å². The van der Waals surface area contributed by atoms with E-state index in [-0.39, 0.29) is 5.92 Å². The Morgan fingerprint density at radius 1 is 1.20 bits per heavy atom. The number of benzene rings is 1. The molecule has 1 aromatic rings. The Hall–Kier alpha value is -1.50. The van der Waals surface area contributed by atoms with Crippen LogP contribution < -0.4 is 4.74 Å². The zero-order chi connectivity index (χ0) is 15.0. The fourth-order valence-electron chi connectivity index (χ4n) is 1.68. The second kappa shape index (κ2) is 7.94. The van der Waals surface area contributed by atoms with Gasteiger partial charge >= 0.3 is 0 Å². The molecule has 0 bridgehead atoms. The van der Waals surface area contributed by atoms with Gasteiger partial charge < -0.3 is 14.2 Å². The van der Waals surface area contributed by atoms with Crippen LogP contribution in [0.3, 0.4) is 0 Å². The van der Waals surface area contributed by atoms with Crippen molar-refractivity contribution in [3.63, 3.8) is 0 Å². The largest absolute Gasteiger partial charge is 0.493 e. The van der Waals surface area contributed by atoms with E-state index in [1.165, 1.54) is 0 Å². The number of ether oxygens (including phenoxy) is 3. The first-order chi connectivity index (χ1) is 9.59. The summed E-state index contributed by atoms with van der Waals surface area (Å²) >= 11 is 0. The average molecular weight is 276 g/mol. The Kier molecular flexibility index (Phi) is 6.57. The maximum atomic E-state index is 5.68. The van der Waals surface area contributed by atoms with Gasteiger partial charge in [0.1, 0.15) is 5.75 Å². The Balaban J connectivity index is 0.000000956. The molecular formula is C17H24O3. The van der Waals surface area contributed by atoms with Crippen molar-refractivity contribution in [1.82, 2.24) is 0 Å². The summed E-state index contributed by atoms with van der Waals surface area (Å²) in [6.45, 7) is 9.75. The molecule has 1 fully saturated rings. The fourth-order valence-corrected chi connectivity index (χ4v) is 1.68. The quantitative estimate of drug-likeness (QED) is 0.791. The van der Waals surface area contributed by atoms with Gasteiger partial charge in [-0.25, -0.2) is 0 Å². The highest BCUT2D eigenvalue weighted by molar-refractivity contribution is 5.36. The molecule has 1 aliphatic heterocycles. The lowest BCUT2D eigenvalue weighted by Gasteiger charge is -2.34. The molecule has 0 unspecified atom stereocenters. The van der Waals surface area contributed by atoms with Crippen LogP contribution in [0.25, 0.3) is 0 Å². The molecule has 0 radical (unpaired) electrons. The summed E-state index contributed by atoms with van der Waals surface area (Å²) in [6.07, 6.45) is 5.29. The van der Waals surface area contributed by atoms with Gasteiger partial charge in [0, 0.05) is 11.5 Å². The van der Waals surface area contributed by atoms with Crippen LogP contribution in [0.2, 0.25) is 0 Å². The second-order valence-electron chi connectivity index (χ2n) is 4.87. The van der Waals surface area contributed by atoms with Gasteiger partial charge in [-0.15, -0.1) is 6.42 Å². The van der Waals surface area contributed by atoms with Crippen molar-refractivity contribution in [3.8, 4) is 18.1 Å². The van der Waals surface area contributed by atoms with E-state index >= 15 is 0 Å². The number of terminal acetylenes is 1. The summed E-state index contributed by atoms with van der Waals surface area (Å²) in [6, 6.07) is 7.49. The molecule has 0 aromatic heterocycles. The van der Waals surface area contributed by atoms with Crippen molar-refractivity contribution in [2.75, 3.05) is 19.8 Å². The third-order valence-electron chi connectivity index (χ3n) is 2.84. The molecule has 0 saturated carbocycles. The molecule has 20 heavy (non-hydrogen) atoms. The molecule has 1 aliphatic rings. The molecule has 0 spiro atoms. The highest BCUT2D eigenvalue weighted by Gasteiger charge is 2.28. The van der Waals surface area contributed by atoms with E-state index in [1.54, 1.807) is 0 Å². The first-order valence-corrected chi connectivity index (χ1v) is 7.06. The van der Waals surface area contributed by atoms with Gasteiger partial charge in [-0.1, -0.05) is 19.8 Å². The van der Waals surface area contributed by atoms with Crippen LogP contribution in [0.4, 0.5) is 0 Å². The van der Waals surface area contributed by atoms with E-state index < -0.39 is 5.79 Å². The Labute approximate surface area is 122 Å². The Morgan fingerprint density at radius 3 is 2.25 bits per heavy atom. The topological polar surface area (TPSA) is 27.7 Å². The average Bonchev–Trinajstić information content (AvgIpc) is 2.49. The minimum atomic E-state index is -0.467. The summed E-state index contributed by atoms with van der Waals surface area (Å²) in [5.74, 6) is 3.19. The highest BCUT2D eigenvalue weighted by Crippen LogP contribution is 2.21. The molecule has 1 heterocycles. The van der Waals surface area contributed by atoms with E-state index in [4.69, 9.17) is 20.6 Å². The van der Waals surface area contributed by atoms with Gasteiger partial charge in [0.05, 0.1) is 19.8 Å². The standard InChI is InChI=1S/C15H18O3.C2H6/c1-4-12-5-7-14(8-6-12)16-9-13-10-17-15(2,3)18-11-13;1-2/h1,5-8,13H,9-11H2,2-3H3;1-2H3. The zero-order valence-electron chi connectivity index (χ0n) is 12.8. The van der Waals surface area contributed by atoms with Crippen LogP contribution in [-0.2, 0) is 9.47 Å². The molecule has 2 rings (SSSR count). The minimum Gasteiger partial charge on any atom is -0.493 e. The summed E-state index contributed by atoms with van der Waals surface area (Å²) in [7, 11) is 0. The van der Waals surface area contributed by atoms with Gasteiger partial charge in [0.2, 0.25) is 0 Å². The molecule has 0 aliphatic carbocycles. The predicted octanol–water partition coefficient (Wildman–Crippen LogP) is 3.47. The lowest BCUT2D eigenvalue weighted by Crippen LogP contribution is -2.41. The second-order valence-corrected chi connectivity index (χ2v) is 4.87. The molecule has 3 nitrogen and oxygen atoms in total. The highest BCUT2D eigenvalue weighted by atomic mass is 16.7. The molecule has 0 N–H and O–H groups in total. The van der Waals surface area contributed by atoms with E-state index in [0.29, 0.717) is 19.8 Å². The third-order valence-corrected chi connectivity index (χ3v) is 2.84. The van der Waals surface area contributed by atoms with Crippen molar-refractivity contribution in [2.45, 2.75) is 33.5 Å². The van der Waals surface area contributed by atoms with Gasteiger partial charge in [0.15, 0.2) is 5.79 Å². The Morgan fingerprint density at radius 2 is 1.75 bits per heavy atom. The molecular weight excluding hydrogens is 252 g/mol. The summed E-state index contributed by atoms with van der Waals surface area (Å²) in [4.78, 5) is 0. The normalized spacial score (nSPS) is 17.6. The van der Waals surface area contributed by atoms with Crippen molar-refractivity contribution in [1.29, 1.82) is 0 Å². The third kappa shape index (κ3) is 5.24. The fraction of sp³-hybridized carbons (Fsp3) is 0.529. The minimum absolute atomic E-state index is 0.269. The van der Waals surface area contributed by atoms with Gasteiger partial charge in [-0.05, 0) is 38.1 Å². The predicted molar refractivity (Wildman–Crippen MR) is 80.7 cm³/mol. The van der Waals surface area contributed by atoms with Crippen LogP contribution in [0.1, 0.15) is 33.3 Å². The first-order valence-electron chi connectivity index (χ1n) is 7.06. The molecule has 0 amide bonds. The first kappa shape index (κ1) is 16.6. The summed E-state index contributed by atoms with van der Waals surface area (Å²) in [5.41, 5.74) is 0.855. The monoisotopic (exact) mass is 276 g/mol. The van der Waals surface area contributed by atoms with Crippen LogP contribution in [0, 0.1) is 18.3 Å². The number of rotatable bonds is 3. The van der Waals surface area contributed by atoms with E-state index in [2.05, 4.69) is 5.92 Å². The van der Waals surface area contributed by atoms with Crippen LogP contribution >= 0.6 is 0 Å². The van der Waals surface area contributed by atoms with Crippen LogP contribution in [0.15, 0.2) is 24.3 Å². The molecule has 0 atom stereocenters. The summed E-state index contributed by atoms with van der Waals surface area (Å²) in [5, 5.41) is 0. The van der Waals surface area contributed by atoms with E-state index in [1.807, 2.05) is 52.0 Å². The Bertz CT molecular complexity index is 419. The molecule has 110 valence electrons. The van der Waals surface area contributed by atoms with Crippen LogP contribution in [-0.4, -0.2) is 25.6 Å². The number of hydrogen-bond donors (Lipinski definition) is 0. The molecule has 1 aromatic carbocycles. The maximum Gasteiger partial charge on any atom is 0.162 e. The zero-order valence-corrected chi connectivity index (χ0v) is 12.8. The van der Waals surface area contributed by atoms with Crippen molar-refractivity contribution in [3.05, 3.63) is 29.8 Å². The summed E-state index contributed by atoms with van der Waals surface area (Å²) < 4.78 is 16.8. The number of hydrogen-bond acceptors (Lipinski definition) is 3. The lowest BCUT2D eigenvalue weighted by molar-refractivity contribution is -0.264. The van der Waals surface area contributed by atoms with Crippen LogP contribution in [0.5, 0.6) is 5.75 Å². The SMILES string of the molecule is C#Cc1ccc(OCC2COC(C)(C)OC2)cc1.CC. The van der Waals surface area contributed by atoms with Gasteiger partial charge in [0.25, 0.3) is 0 Å². The smallest absolute Gasteiger partial charge is 0.162 e. The van der Waals surface area contributed by atoms with Crippen molar-refractivity contribution in [2.24, 2.45) is 5.92 Å². The van der Waals surface area contributed by atoms with Crippen molar-refractivity contribution >= 4 is 0 Å². The molecule has 3 heteroatoms. The maximum absolute atomic E-state index is 5.68. The van der Waals surface area contributed by atoms with E-state index in [9.17, 15) is 0 Å². The van der Waals surface area contributed by atoms with Crippen molar-refractivity contribution < 1.29 is 14.2 Å². The lowest BCUT2D eigenvalue weighted by atomic mass is 10.1. The van der Waals surface area contributed by atoms with E-state index in [0.717, 1.165) is 11.3 Å². The molecule has 1 saturated heterocycles.